The molecular weight excluding hydrogens is 506 g/mol. The van der Waals surface area contributed by atoms with Gasteiger partial charge in [0.25, 0.3) is 0 Å². The maximum atomic E-state index is 13.4. The van der Waals surface area contributed by atoms with Crippen LogP contribution in [0.1, 0.15) is 43.7 Å². The van der Waals surface area contributed by atoms with Crippen molar-refractivity contribution in [2.24, 2.45) is 0 Å². The summed E-state index contributed by atoms with van der Waals surface area (Å²) in [7, 11) is -0.272. The van der Waals surface area contributed by atoms with Crippen LogP contribution in [0.2, 0.25) is 0 Å². The Kier molecular flexibility index (Phi) is 11.1. The van der Waals surface area contributed by atoms with E-state index in [-0.39, 0.29) is 29.7 Å². The zero-order valence-electron chi connectivity index (χ0n) is 22.5. The second-order valence-corrected chi connectivity index (χ2v) is 11.4. The number of rotatable bonds is 14. The molecule has 1 saturated heterocycles. The van der Waals surface area contributed by atoms with E-state index in [0.717, 1.165) is 24.0 Å². The molecule has 1 fully saturated rings. The van der Waals surface area contributed by atoms with E-state index in [1.165, 1.54) is 4.31 Å². The first-order valence-electron chi connectivity index (χ1n) is 13.0. The molecule has 2 aromatic rings. The number of hydrogen-bond acceptors (Lipinski definition) is 6. The lowest BCUT2D eigenvalue weighted by Crippen LogP contribution is -2.48. The van der Waals surface area contributed by atoms with Crippen LogP contribution in [0.25, 0.3) is 0 Å². The first kappa shape index (κ1) is 29.6. The number of nitrogens with zero attached hydrogens (tertiary/aromatic N) is 2. The zero-order chi connectivity index (χ0) is 27.5. The Morgan fingerprint density at radius 3 is 2.24 bits per heavy atom. The van der Waals surface area contributed by atoms with Crippen LogP contribution in [0.5, 0.6) is 5.75 Å². The Hall–Kier alpha value is -2.95. The van der Waals surface area contributed by atoms with Gasteiger partial charge in [-0.05, 0) is 68.0 Å². The predicted octanol–water partition coefficient (Wildman–Crippen LogP) is 2.98. The van der Waals surface area contributed by atoms with Crippen molar-refractivity contribution in [3.05, 3.63) is 59.7 Å². The van der Waals surface area contributed by atoms with E-state index >= 15 is 0 Å². The molecule has 0 bridgehead atoms. The number of sulfonamides is 1. The molecule has 0 saturated carbocycles. The highest BCUT2D eigenvalue weighted by atomic mass is 32.2. The van der Waals surface area contributed by atoms with Crippen molar-refractivity contribution >= 4 is 21.8 Å². The topological polar surface area (TPSA) is 105 Å². The first-order valence-corrected chi connectivity index (χ1v) is 14.5. The third kappa shape index (κ3) is 8.02. The fourth-order valence-electron chi connectivity index (χ4n) is 4.39. The molecule has 0 aromatic heterocycles. The van der Waals surface area contributed by atoms with Gasteiger partial charge in [0.15, 0.2) is 0 Å². The summed E-state index contributed by atoms with van der Waals surface area (Å²) in [6.45, 7) is 4.13. The number of nitrogens with one attached hydrogen (secondary N) is 1. The molecule has 2 amide bonds. The van der Waals surface area contributed by atoms with Gasteiger partial charge in [0, 0.05) is 46.3 Å². The molecule has 2 aromatic carbocycles. The first-order chi connectivity index (χ1) is 18.3. The van der Waals surface area contributed by atoms with Gasteiger partial charge in [0.1, 0.15) is 11.8 Å². The molecule has 9 nitrogen and oxygen atoms in total. The van der Waals surface area contributed by atoms with Crippen LogP contribution >= 0.6 is 0 Å². The highest BCUT2D eigenvalue weighted by molar-refractivity contribution is 7.89. The molecule has 1 aliphatic heterocycles. The molecule has 1 N–H and O–H groups in total. The largest absolute Gasteiger partial charge is 0.497 e. The van der Waals surface area contributed by atoms with Gasteiger partial charge >= 0.3 is 0 Å². The van der Waals surface area contributed by atoms with E-state index in [1.807, 2.05) is 24.3 Å². The number of hydrogen-bond donors (Lipinski definition) is 1. The maximum Gasteiger partial charge on any atom is 0.243 e. The molecule has 208 valence electrons. The second kappa shape index (κ2) is 14.3. The zero-order valence-corrected chi connectivity index (χ0v) is 23.3. The van der Waals surface area contributed by atoms with Crippen molar-refractivity contribution in [2.75, 3.05) is 40.5 Å². The minimum atomic E-state index is -3.48. The predicted molar refractivity (Wildman–Crippen MR) is 145 cm³/mol. The van der Waals surface area contributed by atoms with Gasteiger partial charge in [0.05, 0.1) is 12.0 Å². The van der Waals surface area contributed by atoms with Crippen LogP contribution in [0.3, 0.4) is 0 Å². The summed E-state index contributed by atoms with van der Waals surface area (Å²) in [5.41, 5.74) is 1.74. The van der Waals surface area contributed by atoms with Crippen LogP contribution in [0.4, 0.5) is 0 Å². The standard InChI is InChI=1S/C28H39N3O6S/c1-22(28(33)29-17-6-20-36-2)31(21-24-7-12-25(37-3)13-8-24)27(32)16-11-23-9-14-26(15-10-23)38(34,35)30-18-4-5-19-30/h7-10,12-15,22H,4-6,11,16-21H2,1-3H3,(H,29,33). The quantitative estimate of drug-likeness (QED) is 0.366. The van der Waals surface area contributed by atoms with Crippen molar-refractivity contribution in [1.29, 1.82) is 0 Å². The van der Waals surface area contributed by atoms with E-state index in [1.54, 1.807) is 50.3 Å². The summed E-state index contributed by atoms with van der Waals surface area (Å²) in [5.74, 6) is 0.333. The fourth-order valence-corrected chi connectivity index (χ4v) is 5.90. The van der Waals surface area contributed by atoms with Crippen molar-refractivity contribution in [2.45, 2.75) is 56.5 Å². The molecule has 1 aliphatic rings. The third-order valence-corrected chi connectivity index (χ3v) is 8.67. The average Bonchev–Trinajstić information content (AvgIpc) is 3.49. The summed E-state index contributed by atoms with van der Waals surface area (Å²) < 4.78 is 37.3. The lowest BCUT2D eigenvalue weighted by molar-refractivity contribution is -0.140. The van der Waals surface area contributed by atoms with Gasteiger partial charge < -0.3 is 19.7 Å². The van der Waals surface area contributed by atoms with E-state index < -0.39 is 16.1 Å². The van der Waals surface area contributed by atoms with E-state index in [0.29, 0.717) is 44.8 Å². The monoisotopic (exact) mass is 545 g/mol. The Labute approximate surface area is 226 Å². The molecule has 1 unspecified atom stereocenters. The SMILES string of the molecule is COCCCNC(=O)C(C)N(Cc1ccc(OC)cc1)C(=O)CCc1ccc(S(=O)(=O)N2CCCC2)cc1. The Morgan fingerprint density at radius 2 is 1.63 bits per heavy atom. The smallest absolute Gasteiger partial charge is 0.243 e. The number of amides is 2. The van der Waals surface area contributed by atoms with Gasteiger partial charge in [0.2, 0.25) is 21.8 Å². The van der Waals surface area contributed by atoms with Crippen LogP contribution in [-0.4, -0.2) is 75.9 Å². The number of benzene rings is 2. The van der Waals surface area contributed by atoms with Crippen LogP contribution in [-0.2, 0) is 37.3 Å². The summed E-state index contributed by atoms with van der Waals surface area (Å²) in [5, 5.41) is 2.88. The molecular formula is C28H39N3O6S. The summed E-state index contributed by atoms with van der Waals surface area (Å²) in [4.78, 5) is 28.1. The lowest BCUT2D eigenvalue weighted by atomic mass is 10.1. The number of methoxy groups -OCH3 is 2. The average molecular weight is 546 g/mol. The van der Waals surface area contributed by atoms with E-state index in [4.69, 9.17) is 9.47 Å². The van der Waals surface area contributed by atoms with Crippen molar-refractivity contribution in [3.8, 4) is 5.75 Å². The second-order valence-electron chi connectivity index (χ2n) is 9.44. The van der Waals surface area contributed by atoms with Gasteiger partial charge in [-0.2, -0.15) is 4.31 Å². The minimum Gasteiger partial charge on any atom is -0.497 e. The van der Waals surface area contributed by atoms with E-state index in [2.05, 4.69) is 5.32 Å². The molecule has 1 heterocycles. The lowest BCUT2D eigenvalue weighted by Gasteiger charge is -2.29. The third-order valence-electron chi connectivity index (χ3n) is 6.76. The fraction of sp³-hybridized carbons (Fsp3) is 0.500. The number of ether oxygens (including phenoxy) is 2. The highest BCUT2D eigenvalue weighted by Crippen LogP contribution is 2.22. The van der Waals surface area contributed by atoms with Gasteiger partial charge in [-0.3, -0.25) is 9.59 Å². The van der Waals surface area contributed by atoms with Crippen molar-refractivity contribution < 1.29 is 27.5 Å². The van der Waals surface area contributed by atoms with Crippen LogP contribution < -0.4 is 10.1 Å². The van der Waals surface area contributed by atoms with Crippen LogP contribution in [0, 0.1) is 0 Å². The van der Waals surface area contributed by atoms with Gasteiger partial charge in [-0.25, -0.2) is 8.42 Å². The summed E-state index contributed by atoms with van der Waals surface area (Å²) in [6.07, 6.45) is 3.08. The maximum absolute atomic E-state index is 13.4. The molecule has 10 heteroatoms. The number of carbonyl (C=O) groups is 2. The Bertz CT molecular complexity index is 1150. The molecule has 0 radical (unpaired) electrons. The van der Waals surface area contributed by atoms with Gasteiger partial charge in [-0.1, -0.05) is 24.3 Å². The molecule has 1 atom stereocenters. The van der Waals surface area contributed by atoms with E-state index in [9.17, 15) is 18.0 Å². The minimum absolute atomic E-state index is 0.158. The summed E-state index contributed by atoms with van der Waals surface area (Å²) in [6, 6.07) is 13.5. The Balaban J connectivity index is 1.67. The number of carbonyl (C=O) groups excluding carboxylic acids is 2. The van der Waals surface area contributed by atoms with Crippen LogP contribution in [0.15, 0.2) is 53.4 Å². The molecule has 0 aliphatic carbocycles. The van der Waals surface area contributed by atoms with Gasteiger partial charge in [-0.15, -0.1) is 0 Å². The Morgan fingerprint density at radius 1 is 1.00 bits per heavy atom. The summed E-state index contributed by atoms with van der Waals surface area (Å²) >= 11 is 0. The highest BCUT2D eigenvalue weighted by Gasteiger charge is 2.28. The molecule has 0 spiro atoms. The molecule has 38 heavy (non-hydrogen) atoms. The normalized spacial score (nSPS) is 14.7. The van der Waals surface area contributed by atoms with Crippen molar-refractivity contribution in [1.82, 2.24) is 14.5 Å². The van der Waals surface area contributed by atoms with Crippen molar-refractivity contribution in [3.63, 3.8) is 0 Å². The molecule has 3 rings (SSSR count). The number of aryl methyl sites for hydroxylation is 1.